The zero-order valence-corrected chi connectivity index (χ0v) is 26.2. The van der Waals surface area contributed by atoms with E-state index in [1.807, 2.05) is 0 Å². The summed E-state index contributed by atoms with van der Waals surface area (Å²) in [5.41, 5.74) is 1.14. The number of ketones is 1. The Bertz CT molecular complexity index is 1410. The van der Waals surface area contributed by atoms with Gasteiger partial charge in [0.1, 0.15) is 17.6 Å². The second kappa shape index (κ2) is 16.4. The monoisotopic (exact) mass is 640 g/mol. The number of sulfone groups is 1. The number of aliphatic carboxylic acids is 1. The topological polar surface area (TPSA) is 156 Å². The number of amides is 2. The van der Waals surface area contributed by atoms with E-state index in [2.05, 4.69) is 10.6 Å². The number of nitrogens with one attached hydrogen (secondary N) is 2. The van der Waals surface area contributed by atoms with Crippen LogP contribution in [0, 0.1) is 11.7 Å². The fourth-order valence-corrected chi connectivity index (χ4v) is 5.50. The first-order valence-corrected chi connectivity index (χ1v) is 16.2. The van der Waals surface area contributed by atoms with Crippen LogP contribution in [0.3, 0.4) is 0 Å². The standard InChI is InChI=1S/C30H38ClFN2O8S/c1-5-42-26-13-12-19(17-43(4,40)41)14-20(26)15-27(36)34-29(18(2)3)30(39)33-24(16-28(37)38)25(35)11-6-8-21-22(31)9-7-10-23(21)32/h7,9-10,12-14,18,24,29H,5-6,8,11,15-17H2,1-4H3,(H,33,39)(H,34,36)(H,37,38)/t24?,29-/m0/s1. The van der Waals surface area contributed by atoms with Crippen molar-refractivity contribution < 1.29 is 41.8 Å². The van der Waals surface area contributed by atoms with E-state index in [0.29, 0.717) is 23.5 Å². The van der Waals surface area contributed by atoms with Crippen LogP contribution in [-0.2, 0) is 47.6 Å². The van der Waals surface area contributed by atoms with E-state index in [-0.39, 0.29) is 42.0 Å². The SMILES string of the molecule is CCOc1ccc(CS(C)(=O)=O)cc1CC(=O)N[C@H](C(=O)NC(CC(=O)O)C(=O)CCCc1c(F)cccc1Cl)C(C)C. The smallest absolute Gasteiger partial charge is 0.305 e. The van der Waals surface area contributed by atoms with Crippen molar-refractivity contribution >= 4 is 45.0 Å². The molecular weight excluding hydrogens is 603 g/mol. The van der Waals surface area contributed by atoms with Crippen LogP contribution in [0.2, 0.25) is 5.02 Å². The number of rotatable bonds is 17. The van der Waals surface area contributed by atoms with Crippen molar-refractivity contribution in [3.8, 4) is 5.75 Å². The zero-order chi connectivity index (χ0) is 32.3. The summed E-state index contributed by atoms with van der Waals surface area (Å²) in [5.74, 6) is -3.94. The molecule has 2 aromatic rings. The van der Waals surface area contributed by atoms with E-state index >= 15 is 0 Å². The van der Waals surface area contributed by atoms with E-state index in [4.69, 9.17) is 16.3 Å². The van der Waals surface area contributed by atoms with E-state index < -0.39 is 63.6 Å². The number of carbonyl (C=O) groups excluding carboxylic acids is 3. The predicted octanol–water partition coefficient (Wildman–Crippen LogP) is 3.66. The molecule has 2 rings (SSSR count). The molecule has 1 unspecified atom stereocenters. The summed E-state index contributed by atoms with van der Waals surface area (Å²) >= 11 is 6.03. The normalized spacial score (nSPS) is 12.8. The molecule has 0 aromatic heterocycles. The summed E-state index contributed by atoms with van der Waals surface area (Å²) in [6.07, 6.45) is 0.393. The molecular formula is C30H38ClFN2O8S. The van der Waals surface area contributed by atoms with Gasteiger partial charge in [-0.2, -0.15) is 0 Å². The van der Waals surface area contributed by atoms with Gasteiger partial charge in [-0.3, -0.25) is 19.2 Å². The summed E-state index contributed by atoms with van der Waals surface area (Å²) in [6, 6.07) is 6.51. The van der Waals surface area contributed by atoms with Crippen molar-refractivity contribution in [3.63, 3.8) is 0 Å². The van der Waals surface area contributed by atoms with Gasteiger partial charge in [-0.05, 0) is 49.4 Å². The lowest BCUT2D eigenvalue weighted by Gasteiger charge is -2.25. The quantitative estimate of drug-likeness (QED) is 0.237. The van der Waals surface area contributed by atoms with Crippen LogP contribution in [0.1, 0.15) is 56.7 Å². The molecule has 0 bridgehead atoms. The maximum absolute atomic E-state index is 14.1. The van der Waals surface area contributed by atoms with E-state index in [0.717, 1.165) is 6.26 Å². The van der Waals surface area contributed by atoms with Gasteiger partial charge in [0.2, 0.25) is 11.8 Å². The molecule has 0 aliphatic rings. The average molecular weight is 641 g/mol. The molecule has 2 atom stereocenters. The third-order valence-corrected chi connectivity index (χ3v) is 7.68. The van der Waals surface area contributed by atoms with Crippen LogP contribution >= 0.6 is 11.6 Å². The number of carboxylic acids is 1. The molecule has 2 aromatic carbocycles. The number of carboxylic acid groups (broad SMARTS) is 1. The van der Waals surface area contributed by atoms with Gasteiger partial charge < -0.3 is 20.5 Å². The second-order valence-corrected chi connectivity index (χ2v) is 13.1. The summed E-state index contributed by atoms with van der Waals surface area (Å²) in [6.45, 7) is 5.42. The van der Waals surface area contributed by atoms with Gasteiger partial charge >= 0.3 is 5.97 Å². The Morgan fingerprint density at radius 1 is 1.09 bits per heavy atom. The van der Waals surface area contributed by atoms with Crippen LogP contribution in [0.25, 0.3) is 0 Å². The molecule has 0 radical (unpaired) electrons. The van der Waals surface area contributed by atoms with Crippen molar-refractivity contribution in [2.45, 2.75) is 70.7 Å². The molecule has 43 heavy (non-hydrogen) atoms. The molecule has 0 fully saturated rings. The number of Topliss-reactive ketones (excluding diaryl/α,β-unsaturated/α-hetero) is 1. The van der Waals surface area contributed by atoms with Crippen molar-refractivity contribution in [1.82, 2.24) is 10.6 Å². The molecule has 0 aliphatic heterocycles. The number of benzene rings is 2. The van der Waals surface area contributed by atoms with Gasteiger partial charge in [0.05, 0.1) is 31.2 Å². The zero-order valence-electron chi connectivity index (χ0n) is 24.6. The lowest BCUT2D eigenvalue weighted by atomic mass is 9.98. The van der Waals surface area contributed by atoms with Gasteiger partial charge in [0, 0.05) is 28.8 Å². The highest BCUT2D eigenvalue weighted by Gasteiger charge is 2.30. The van der Waals surface area contributed by atoms with Crippen molar-refractivity contribution in [1.29, 1.82) is 0 Å². The summed E-state index contributed by atoms with van der Waals surface area (Å²) in [7, 11) is -3.33. The predicted molar refractivity (Wildman–Crippen MR) is 160 cm³/mol. The van der Waals surface area contributed by atoms with Crippen LogP contribution in [0.5, 0.6) is 5.75 Å². The van der Waals surface area contributed by atoms with Crippen molar-refractivity contribution in [2.75, 3.05) is 12.9 Å². The fraction of sp³-hybridized carbons (Fsp3) is 0.467. The van der Waals surface area contributed by atoms with E-state index in [1.54, 1.807) is 39.0 Å². The summed E-state index contributed by atoms with van der Waals surface area (Å²) in [4.78, 5) is 50.6. The van der Waals surface area contributed by atoms with Gasteiger partial charge in [0.15, 0.2) is 15.6 Å². The molecule has 3 N–H and O–H groups in total. The molecule has 0 spiro atoms. The minimum absolute atomic E-state index is 0.133. The molecule has 236 valence electrons. The Labute approximate surface area is 256 Å². The number of halogens is 2. The Kier molecular flexibility index (Phi) is 13.6. The third-order valence-electron chi connectivity index (χ3n) is 6.47. The molecule has 0 aliphatic carbocycles. The Hall–Kier alpha value is -3.51. The van der Waals surface area contributed by atoms with Gasteiger partial charge in [-0.25, -0.2) is 12.8 Å². The maximum atomic E-state index is 14.1. The van der Waals surface area contributed by atoms with E-state index in [1.165, 1.54) is 18.2 Å². The highest BCUT2D eigenvalue weighted by atomic mass is 35.5. The first kappa shape index (κ1) is 35.7. The number of hydrogen-bond donors (Lipinski definition) is 3. The van der Waals surface area contributed by atoms with Crippen LogP contribution < -0.4 is 15.4 Å². The third kappa shape index (κ3) is 11.9. The highest BCUT2D eigenvalue weighted by Crippen LogP contribution is 2.23. The average Bonchev–Trinajstić information content (AvgIpc) is 2.88. The fourth-order valence-electron chi connectivity index (χ4n) is 4.46. The number of hydrogen-bond acceptors (Lipinski definition) is 7. The van der Waals surface area contributed by atoms with Crippen LogP contribution in [0.15, 0.2) is 36.4 Å². The van der Waals surface area contributed by atoms with Gasteiger partial charge in [-0.1, -0.05) is 43.6 Å². The Balaban J connectivity index is 2.13. The van der Waals surface area contributed by atoms with Crippen LogP contribution in [0.4, 0.5) is 4.39 Å². The summed E-state index contributed by atoms with van der Waals surface area (Å²) in [5, 5.41) is 14.7. The largest absolute Gasteiger partial charge is 0.494 e. The first-order valence-electron chi connectivity index (χ1n) is 13.8. The number of ether oxygens (including phenoxy) is 1. The van der Waals surface area contributed by atoms with Gasteiger partial charge in [-0.15, -0.1) is 0 Å². The number of carbonyl (C=O) groups is 4. The molecule has 0 heterocycles. The molecule has 13 heteroatoms. The van der Waals surface area contributed by atoms with Crippen molar-refractivity contribution in [3.05, 3.63) is 63.9 Å². The van der Waals surface area contributed by atoms with Crippen molar-refractivity contribution in [2.24, 2.45) is 5.92 Å². The molecule has 10 nitrogen and oxygen atoms in total. The minimum atomic E-state index is -3.33. The highest BCUT2D eigenvalue weighted by molar-refractivity contribution is 7.89. The maximum Gasteiger partial charge on any atom is 0.305 e. The lowest BCUT2D eigenvalue weighted by molar-refractivity contribution is -0.140. The van der Waals surface area contributed by atoms with E-state index in [9.17, 15) is 37.1 Å². The lowest BCUT2D eigenvalue weighted by Crippen LogP contribution is -2.54. The second-order valence-electron chi connectivity index (χ2n) is 10.6. The van der Waals surface area contributed by atoms with Gasteiger partial charge in [0.25, 0.3) is 0 Å². The molecule has 0 saturated heterocycles. The molecule has 0 saturated carbocycles. The Morgan fingerprint density at radius 3 is 2.37 bits per heavy atom. The summed E-state index contributed by atoms with van der Waals surface area (Å²) < 4.78 is 43.2. The molecule has 2 amide bonds. The Morgan fingerprint density at radius 2 is 1.79 bits per heavy atom. The minimum Gasteiger partial charge on any atom is -0.494 e. The first-order chi connectivity index (χ1) is 20.1. The van der Waals surface area contributed by atoms with Crippen LogP contribution in [-0.4, -0.2) is 62.0 Å².